The summed E-state index contributed by atoms with van der Waals surface area (Å²) < 4.78 is 5.44. The molecule has 0 fully saturated rings. The van der Waals surface area contributed by atoms with E-state index in [1.807, 2.05) is 38.1 Å². The summed E-state index contributed by atoms with van der Waals surface area (Å²) in [6, 6.07) is 9.89. The van der Waals surface area contributed by atoms with Crippen LogP contribution >= 0.6 is 11.3 Å². The van der Waals surface area contributed by atoms with Crippen LogP contribution in [0.1, 0.15) is 16.3 Å². The molecule has 0 bridgehead atoms. The lowest BCUT2D eigenvalue weighted by Crippen LogP contribution is -2.04. The van der Waals surface area contributed by atoms with Crippen molar-refractivity contribution in [2.45, 2.75) is 20.4 Å². The molecular formula is C19H17N5OS. The zero-order valence-electron chi connectivity index (χ0n) is 14.4. The Hall–Kier alpha value is -3.06. The number of rotatable bonds is 5. The van der Waals surface area contributed by atoms with Gasteiger partial charge in [0.2, 0.25) is 5.95 Å². The number of nitrogens with zero attached hydrogens (tertiary/aromatic N) is 4. The van der Waals surface area contributed by atoms with Crippen molar-refractivity contribution in [3.63, 3.8) is 0 Å². The van der Waals surface area contributed by atoms with E-state index in [1.165, 1.54) is 4.88 Å². The fraction of sp³-hybridized carbons (Fsp3) is 0.158. The zero-order chi connectivity index (χ0) is 17.9. The van der Waals surface area contributed by atoms with Crippen LogP contribution in [-0.2, 0) is 6.54 Å². The van der Waals surface area contributed by atoms with Crippen LogP contribution < -0.4 is 5.32 Å². The maximum Gasteiger partial charge on any atom is 0.223 e. The highest BCUT2D eigenvalue weighted by Gasteiger charge is 2.17. The Morgan fingerprint density at radius 2 is 2.04 bits per heavy atom. The first kappa shape index (κ1) is 16.4. The van der Waals surface area contributed by atoms with Gasteiger partial charge in [-0.05, 0) is 37.4 Å². The summed E-state index contributed by atoms with van der Waals surface area (Å²) in [6.45, 7) is 4.54. The summed E-state index contributed by atoms with van der Waals surface area (Å²) in [5, 5.41) is 9.32. The fourth-order valence-electron chi connectivity index (χ4n) is 2.66. The van der Waals surface area contributed by atoms with Crippen molar-refractivity contribution in [3.8, 4) is 22.6 Å². The lowest BCUT2D eigenvalue weighted by molar-refractivity contribution is 0.427. The van der Waals surface area contributed by atoms with Gasteiger partial charge in [0.25, 0.3) is 0 Å². The molecule has 0 saturated carbocycles. The molecule has 6 nitrogen and oxygen atoms in total. The molecule has 0 radical (unpaired) electrons. The molecule has 1 N–H and O–H groups in total. The molecule has 4 heterocycles. The quantitative estimate of drug-likeness (QED) is 0.563. The second-order valence-electron chi connectivity index (χ2n) is 5.86. The Bertz CT molecular complexity index is 1030. The lowest BCUT2D eigenvalue weighted by atomic mass is 10.0. The van der Waals surface area contributed by atoms with Crippen LogP contribution in [0.25, 0.3) is 22.6 Å². The van der Waals surface area contributed by atoms with Crippen molar-refractivity contribution in [2.24, 2.45) is 0 Å². The van der Waals surface area contributed by atoms with Crippen molar-refractivity contribution < 1.29 is 4.52 Å². The van der Waals surface area contributed by atoms with Crippen LogP contribution in [0.2, 0.25) is 0 Å². The minimum Gasteiger partial charge on any atom is -0.356 e. The molecule has 7 heteroatoms. The molecule has 0 atom stereocenters. The Morgan fingerprint density at radius 3 is 2.77 bits per heavy atom. The molecule has 0 aliphatic rings. The van der Waals surface area contributed by atoms with E-state index in [9.17, 15) is 0 Å². The summed E-state index contributed by atoms with van der Waals surface area (Å²) in [5.41, 5.74) is 4.22. The van der Waals surface area contributed by atoms with Gasteiger partial charge in [-0.15, -0.1) is 11.3 Å². The number of anilines is 1. The number of aryl methyl sites for hydroxylation is 2. The third kappa shape index (κ3) is 3.34. The highest BCUT2D eigenvalue weighted by atomic mass is 32.1. The number of pyridine rings is 1. The summed E-state index contributed by atoms with van der Waals surface area (Å²) >= 11 is 1.70. The largest absolute Gasteiger partial charge is 0.356 e. The summed E-state index contributed by atoms with van der Waals surface area (Å²) in [7, 11) is 0. The SMILES string of the molecule is Cc1cc(-c2cnc(NCc3cccs3)nc2-c2cccnc2C)on1. The van der Waals surface area contributed by atoms with Crippen LogP contribution in [0.3, 0.4) is 0 Å². The van der Waals surface area contributed by atoms with Gasteiger partial charge in [0.05, 0.1) is 23.5 Å². The van der Waals surface area contributed by atoms with Gasteiger partial charge in [-0.1, -0.05) is 11.2 Å². The Balaban J connectivity index is 1.76. The predicted octanol–water partition coefficient (Wildman–Crippen LogP) is 4.48. The number of aromatic nitrogens is 4. The van der Waals surface area contributed by atoms with Crippen molar-refractivity contribution in [2.75, 3.05) is 5.32 Å². The average molecular weight is 363 g/mol. The van der Waals surface area contributed by atoms with E-state index in [-0.39, 0.29) is 0 Å². The van der Waals surface area contributed by atoms with Crippen molar-refractivity contribution in [1.82, 2.24) is 20.1 Å². The lowest BCUT2D eigenvalue weighted by Gasteiger charge is -2.11. The van der Waals surface area contributed by atoms with Gasteiger partial charge in [0.1, 0.15) is 0 Å². The molecule has 4 aromatic rings. The molecule has 0 saturated heterocycles. The third-order valence-electron chi connectivity index (χ3n) is 3.95. The van der Waals surface area contributed by atoms with E-state index in [1.54, 1.807) is 23.7 Å². The maximum absolute atomic E-state index is 5.44. The van der Waals surface area contributed by atoms with Gasteiger partial charge in [0, 0.05) is 34.6 Å². The normalized spacial score (nSPS) is 10.8. The van der Waals surface area contributed by atoms with Crippen LogP contribution in [0, 0.1) is 13.8 Å². The number of hydrogen-bond acceptors (Lipinski definition) is 7. The predicted molar refractivity (Wildman–Crippen MR) is 102 cm³/mol. The molecular weight excluding hydrogens is 346 g/mol. The van der Waals surface area contributed by atoms with E-state index in [0.29, 0.717) is 18.3 Å². The minimum atomic E-state index is 0.566. The smallest absolute Gasteiger partial charge is 0.223 e. The van der Waals surface area contributed by atoms with E-state index >= 15 is 0 Å². The van der Waals surface area contributed by atoms with Crippen LogP contribution in [0.4, 0.5) is 5.95 Å². The Morgan fingerprint density at radius 1 is 1.12 bits per heavy atom. The topological polar surface area (TPSA) is 76.7 Å². The highest BCUT2D eigenvalue weighted by Crippen LogP contribution is 2.32. The van der Waals surface area contributed by atoms with E-state index in [2.05, 4.69) is 31.9 Å². The van der Waals surface area contributed by atoms with Gasteiger partial charge in [-0.2, -0.15) is 0 Å². The number of thiophene rings is 1. The van der Waals surface area contributed by atoms with Crippen molar-refractivity contribution in [1.29, 1.82) is 0 Å². The van der Waals surface area contributed by atoms with Gasteiger partial charge in [-0.25, -0.2) is 9.97 Å². The molecule has 4 rings (SSSR count). The Kier molecular flexibility index (Phi) is 4.45. The molecule has 4 aromatic heterocycles. The summed E-state index contributed by atoms with van der Waals surface area (Å²) in [5.74, 6) is 1.21. The van der Waals surface area contributed by atoms with Gasteiger partial charge >= 0.3 is 0 Å². The van der Waals surface area contributed by atoms with Gasteiger partial charge in [-0.3, -0.25) is 4.98 Å². The zero-order valence-corrected chi connectivity index (χ0v) is 15.2. The van der Waals surface area contributed by atoms with Gasteiger partial charge in [0.15, 0.2) is 5.76 Å². The van der Waals surface area contributed by atoms with E-state index < -0.39 is 0 Å². The fourth-order valence-corrected chi connectivity index (χ4v) is 3.30. The van der Waals surface area contributed by atoms with E-state index in [4.69, 9.17) is 9.51 Å². The molecule has 0 unspecified atom stereocenters. The molecule has 0 aliphatic heterocycles. The maximum atomic E-state index is 5.44. The number of nitrogens with one attached hydrogen (secondary N) is 1. The van der Waals surface area contributed by atoms with Crippen LogP contribution in [0.5, 0.6) is 0 Å². The summed E-state index contributed by atoms with van der Waals surface area (Å²) in [4.78, 5) is 14.8. The monoisotopic (exact) mass is 363 g/mol. The molecule has 0 aromatic carbocycles. The third-order valence-corrected chi connectivity index (χ3v) is 4.82. The van der Waals surface area contributed by atoms with Crippen LogP contribution in [0.15, 0.2) is 52.6 Å². The summed E-state index contributed by atoms with van der Waals surface area (Å²) in [6.07, 6.45) is 3.54. The van der Waals surface area contributed by atoms with Crippen molar-refractivity contribution in [3.05, 3.63) is 64.4 Å². The molecule has 0 amide bonds. The van der Waals surface area contributed by atoms with Crippen molar-refractivity contribution >= 4 is 17.3 Å². The minimum absolute atomic E-state index is 0.566. The molecule has 130 valence electrons. The molecule has 0 aliphatic carbocycles. The first-order valence-electron chi connectivity index (χ1n) is 8.19. The number of hydrogen-bond donors (Lipinski definition) is 1. The highest BCUT2D eigenvalue weighted by molar-refractivity contribution is 7.09. The first-order chi connectivity index (χ1) is 12.7. The first-order valence-corrected chi connectivity index (χ1v) is 9.07. The second-order valence-corrected chi connectivity index (χ2v) is 6.89. The molecule has 26 heavy (non-hydrogen) atoms. The average Bonchev–Trinajstić information content (AvgIpc) is 3.32. The standard InChI is InChI=1S/C19H17N5OS/c1-12-9-17(25-24-12)16-11-22-19(21-10-14-5-4-8-26-14)23-18(16)15-6-3-7-20-13(15)2/h3-9,11H,10H2,1-2H3,(H,21,22,23). The molecule has 0 spiro atoms. The van der Waals surface area contributed by atoms with E-state index in [0.717, 1.165) is 28.2 Å². The Labute approximate surface area is 155 Å². The van der Waals surface area contributed by atoms with Gasteiger partial charge < -0.3 is 9.84 Å². The second kappa shape index (κ2) is 7.05. The van der Waals surface area contributed by atoms with Crippen LogP contribution in [-0.4, -0.2) is 20.1 Å².